The molecule has 2 unspecified atom stereocenters. The minimum atomic E-state index is 0.0203. The van der Waals surface area contributed by atoms with E-state index in [0.717, 1.165) is 30.0 Å². The summed E-state index contributed by atoms with van der Waals surface area (Å²) in [5.74, 6) is 0.934. The van der Waals surface area contributed by atoms with Crippen LogP contribution in [0.15, 0.2) is 48.7 Å². The van der Waals surface area contributed by atoms with E-state index < -0.39 is 0 Å². The van der Waals surface area contributed by atoms with Gasteiger partial charge in [0, 0.05) is 17.8 Å². The lowest BCUT2D eigenvalue weighted by atomic mass is 9.89. The molecule has 1 amide bonds. The number of nitrogens with zero attached hydrogens (tertiary/aromatic N) is 2. The fraction of sp³-hybridized carbons (Fsp3) is 0.250. The summed E-state index contributed by atoms with van der Waals surface area (Å²) >= 11 is 0. The summed E-state index contributed by atoms with van der Waals surface area (Å²) < 4.78 is 0. The van der Waals surface area contributed by atoms with Gasteiger partial charge in [-0.2, -0.15) is 0 Å². The van der Waals surface area contributed by atoms with Gasteiger partial charge in [-0.3, -0.25) is 9.69 Å². The molecular formula is C16H15N3O. The van der Waals surface area contributed by atoms with Gasteiger partial charge in [0.05, 0.1) is 11.6 Å². The second-order valence-corrected chi connectivity index (χ2v) is 5.25. The molecule has 1 fully saturated rings. The first-order chi connectivity index (χ1) is 9.86. The van der Waals surface area contributed by atoms with Crippen LogP contribution in [0.2, 0.25) is 0 Å². The maximum atomic E-state index is 12.8. The predicted octanol–water partition coefficient (Wildman–Crippen LogP) is 2.41. The third kappa shape index (κ3) is 1.58. The van der Waals surface area contributed by atoms with Crippen molar-refractivity contribution in [2.24, 2.45) is 5.92 Å². The Morgan fingerprint density at radius 1 is 1.15 bits per heavy atom. The molecular weight excluding hydrogens is 250 g/mol. The highest BCUT2D eigenvalue weighted by atomic mass is 16.2. The Morgan fingerprint density at radius 3 is 2.85 bits per heavy atom. The SMILES string of the molecule is O=C1C2CCNC2c2cccnc2N1c1ccccc1. The van der Waals surface area contributed by atoms with Gasteiger partial charge < -0.3 is 5.32 Å². The van der Waals surface area contributed by atoms with Gasteiger partial charge in [-0.1, -0.05) is 24.3 Å². The lowest BCUT2D eigenvalue weighted by Gasteiger charge is -2.35. The molecule has 20 heavy (non-hydrogen) atoms. The normalized spacial score (nSPS) is 24.4. The zero-order valence-corrected chi connectivity index (χ0v) is 11.0. The third-order valence-electron chi connectivity index (χ3n) is 4.14. The van der Waals surface area contributed by atoms with Crippen molar-refractivity contribution in [2.45, 2.75) is 12.5 Å². The molecule has 3 heterocycles. The number of para-hydroxylation sites is 1. The molecule has 1 N–H and O–H groups in total. The van der Waals surface area contributed by atoms with Crippen LogP contribution in [0.5, 0.6) is 0 Å². The van der Waals surface area contributed by atoms with E-state index >= 15 is 0 Å². The first-order valence-electron chi connectivity index (χ1n) is 6.93. The maximum Gasteiger partial charge on any atom is 0.237 e. The maximum absolute atomic E-state index is 12.8. The van der Waals surface area contributed by atoms with Crippen molar-refractivity contribution in [3.05, 3.63) is 54.2 Å². The zero-order chi connectivity index (χ0) is 13.5. The molecule has 0 bridgehead atoms. The number of pyridine rings is 1. The molecule has 1 aromatic carbocycles. The van der Waals surface area contributed by atoms with Crippen molar-refractivity contribution in [1.29, 1.82) is 0 Å². The van der Waals surface area contributed by atoms with E-state index in [4.69, 9.17) is 0 Å². The van der Waals surface area contributed by atoms with Crippen LogP contribution in [0, 0.1) is 5.92 Å². The highest BCUT2D eigenvalue weighted by Gasteiger charge is 2.43. The smallest absolute Gasteiger partial charge is 0.237 e. The number of carbonyl (C=O) groups excluding carboxylic acids is 1. The average molecular weight is 265 g/mol. The Balaban J connectivity index is 1.91. The summed E-state index contributed by atoms with van der Waals surface area (Å²) in [5.41, 5.74) is 2.02. The number of hydrogen-bond donors (Lipinski definition) is 1. The lowest BCUT2D eigenvalue weighted by Crippen LogP contribution is -2.41. The molecule has 0 radical (unpaired) electrons. The number of rotatable bonds is 1. The van der Waals surface area contributed by atoms with Gasteiger partial charge in [0.1, 0.15) is 5.82 Å². The quantitative estimate of drug-likeness (QED) is 0.861. The predicted molar refractivity (Wildman–Crippen MR) is 76.7 cm³/mol. The molecule has 0 spiro atoms. The highest BCUT2D eigenvalue weighted by Crippen LogP contribution is 2.43. The molecule has 1 saturated heterocycles. The van der Waals surface area contributed by atoms with Gasteiger partial charge in [-0.05, 0) is 31.2 Å². The number of amides is 1. The minimum absolute atomic E-state index is 0.0203. The van der Waals surface area contributed by atoms with Crippen LogP contribution in [0.4, 0.5) is 11.5 Å². The Bertz CT molecular complexity index is 656. The number of benzene rings is 1. The number of anilines is 2. The minimum Gasteiger partial charge on any atom is -0.309 e. The van der Waals surface area contributed by atoms with Crippen LogP contribution in [-0.4, -0.2) is 17.4 Å². The monoisotopic (exact) mass is 265 g/mol. The van der Waals surface area contributed by atoms with Crippen molar-refractivity contribution >= 4 is 17.4 Å². The van der Waals surface area contributed by atoms with Crippen LogP contribution >= 0.6 is 0 Å². The number of hydrogen-bond acceptors (Lipinski definition) is 3. The standard InChI is InChI=1S/C16H15N3O/c20-16-13-8-10-17-14(13)12-7-4-9-18-15(12)19(16)11-5-2-1-3-6-11/h1-7,9,13-14,17H,8,10H2. The molecule has 4 nitrogen and oxygen atoms in total. The fourth-order valence-corrected chi connectivity index (χ4v) is 3.23. The Kier molecular flexibility index (Phi) is 2.57. The summed E-state index contributed by atoms with van der Waals surface area (Å²) in [6.07, 6.45) is 2.64. The van der Waals surface area contributed by atoms with E-state index in [1.807, 2.05) is 36.4 Å². The Morgan fingerprint density at radius 2 is 2.00 bits per heavy atom. The van der Waals surface area contributed by atoms with Gasteiger partial charge in [0.15, 0.2) is 0 Å². The molecule has 2 aliphatic rings. The average Bonchev–Trinajstić information content (AvgIpc) is 2.99. The molecule has 0 aliphatic carbocycles. The molecule has 0 saturated carbocycles. The summed E-state index contributed by atoms with van der Waals surface area (Å²) in [7, 11) is 0. The topological polar surface area (TPSA) is 45.2 Å². The van der Waals surface area contributed by atoms with Crippen molar-refractivity contribution in [2.75, 3.05) is 11.4 Å². The molecule has 2 atom stereocenters. The van der Waals surface area contributed by atoms with Crippen molar-refractivity contribution in [3.8, 4) is 0 Å². The summed E-state index contributed by atoms with van der Waals surface area (Å²) in [4.78, 5) is 19.0. The lowest BCUT2D eigenvalue weighted by molar-refractivity contribution is -0.122. The number of aromatic nitrogens is 1. The Labute approximate surface area is 117 Å². The van der Waals surface area contributed by atoms with Crippen LogP contribution in [0.25, 0.3) is 0 Å². The fourth-order valence-electron chi connectivity index (χ4n) is 3.23. The number of fused-ring (bicyclic) bond motifs is 3. The first-order valence-corrected chi connectivity index (χ1v) is 6.93. The van der Waals surface area contributed by atoms with Gasteiger partial charge in [0.25, 0.3) is 0 Å². The van der Waals surface area contributed by atoms with Gasteiger partial charge in [-0.25, -0.2) is 4.98 Å². The molecule has 100 valence electrons. The van der Waals surface area contributed by atoms with E-state index in [1.54, 1.807) is 11.1 Å². The molecule has 1 aromatic heterocycles. The number of carbonyl (C=O) groups is 1. The molecule has 4 heteroatoms. The summed E-state index contributed by atoms with van der Waals surface area (Å²) in [6, 6.07) is 13.9. The summed E-state index contributed by atoms with van der Waals surface area (Å²) in [5, 5.41) is 3.43. The van der Waals surface area contributed by atoms with E-state index in [9.17, 15) is 4.79 Å². The van der Waals surface area contributed by atoms with E-state index in [-0.39, 0.29) is 17.9 Å². The van der Waals surface area contributed by atoms with Gasteiger partial charge in [0.2, 0.25) is 5.91 Å². The third-order valence-corrected chi connectivity index (χ3v) is 4.14. The van der Waals surface area contributed by atoms with Gasteiger partial charge >= 0.3 is 0 Å². The van der Waals surface area contributed by atoms with Crippen LogP contribution < -0.4 is 10.2 Å². The van der Waals surface area contributed by atoms with Crippen LogP contribution in [-0.2, 0) is 4.79 Å². The van der Waals surface area contributed by atoms with Crippen LogP contribution in [0.1, 0.15) is 18.0 Å². The molecule has 4 rings (SSSR count). The van der Waals surface area contributed by atoms with Crippen molar-refractivity contribution in [3.63, 3.8) is 0 Å². The first kappa shape index (κ1) is 11.6. The summed E-state index contributed by atoms with van der Waals surface area (Å²) in [6.45, 7) is 0.887. The highest BCUT2D eigenvalue weighted by molar-refractivity contribution is 6.04. The van der Waals surface area contributed by atoms with E-state index in [1.165, 1.54) is 0 Å². The van der Waals surface area contributed by atoms with Crippen molar-refractivity contribution < 1.29 is 4.79 Å². The van der Waals surface area contributed by atoms with Gasteiger partial charge in [-0.15, -0.1) is 0 Å². The second-order valence-electron chi connectivity index (χ2n) is 5.25. The number of nitrogens with one attached hydrogen (secondary N) is 1. The zero-order valence-electron chi connectivity index (χ0n) is 11.0. The molecule has 2 aliphatic heterocycles. The molecule has 2 aromatic rings. The van der Waals surface area contributed by atoms with Crippen LogP contribution in [0.3, 0.4) is 0 Å². The van der Waals surface area contributed by atoms with Crippen molar-refractivity contribution in [1.82, 2.24) is 10.3 Å². The Hall–Kier alpha value is -2.20. The van der Waals surface area contributed by atoms with E-state index in [0.29, 0.717) is 0 Å². The second kappa shape index (κ2) is 4.42. The van der Waals surface area contributed by atoms with E-state index in [2.05, 4.69) is 16.4 Å². The largest absolute Gasteiger partial charge is 0.309 e.